The van der Waals surface area contributed by atoms with Gasteiger partial charge in [-0.05, 0) is 111 Å². The topological polar surface area (TPSA) is 84.9 Å². The van der Waals surface area contributed by atoms with Crippen LogP contribution in [0.4, 0.5) is 5.69 Å². The van der Waals surface area contributed by atoms with Crippen LogP contribution in [0.15, 0.2) is 36.4 Å². The fourth-order valence-corrected chi connectivity index (χ4v) is 9.32. The second-order valence-corrected chi connectivity index (χ2v) is 15.6. The zero-order valence-electron chi connectivity index (χ0n) is 24.9. The Labute approximate surface area is 255 Å². The molecular weight excluding hydrogens is 572 g/mol. The number of rotatable bonds is 1. The number of methoxy groups -OCH3 is 1. The number of carbonyl (C=O) groups is 1. The molecule has 0 radical (unpaired) electrons. The predicted molar refractivity (Wildman–Crippen MR) is 166 cm³/mol. The van der Waals surface area contributed by atoms with Crippen molar-refractivity contribution in [1.82, 2.24) is 4.72 Å². The maximum absolute atomic E-state index is 13.4. The number of amides is 1. The molecule has 9 heteroatoms. The van der Waals surface area contributed by atoms with E-state index in [0.29, 0.717) is 24.0 Å². The lowest BCUT2D eigenvalue weighted by Gasteiger charge is -2.46. The van der Waals surface area contributed by atoms with Gasteiger partial charge in [0.1, 0.15) is 5.75 Å². The van der Waals surface area contributed by atoms with Gasteiger partial charge >= 0.3 is 0 Å². The van der Waals surface area contributed by atoms with E-state index in [-0.39, 0.29) is 17.4 Å². The van der Waals surface area contributed by atoms with Crippen LogP contribution in [0.5, 0.6) is 5.75 Å². The minimum absolute atomic E-state index is 0.0849. The van der Waals surface area contributed by atoms with Crippen molar-refractivity contribution in [3.8, 4) is 5.75 Å². The summed E-state index contributed by atoms with van der Waals surface area (Å²) in [5, 5.41) is 0.0677. The van der Waals surface area contributed by atoms with Crippen molar-refractivity contribution in [2.75, 3.05) is 31.7 Å². The van der Waals surface area contributed by atoms with E-state index in [2.05, 4.69) is 21.8 Å². The van der Waals surface area contributed by atoms with Crippen molar-refractivity contribution < 1.29 is 22.7 Å². The van der Waals surface area contributed by atoms with Crippen LogP contribution >= 0.6 is 11.6 Å². The van der Waals surface area contributed by atoms with E-state index in [9.17, 15) is 13.2 Å². The van der Waals surface area contributed by atoms with Gasteiger partial charge in [-0.1, -0.05) is 31.0 Å². The van der Waals surface area contributed by atoms with Crippen molar-refractivity contribution in [1.29, 1.82) is 0 Å². The van der Waals surface area contributed by atoms with E-state index >= 15 is 0 Å². The van der Waals surface area contributed by atoms with Crippen molar-refractivity contribution in [2.24, 2.45) is 17.8 Å². The van der Waals surface area contributed by atoms with E-state index in [1.165, 1.54) is 11.1 Å². The Bertz CT molecular complexity index is 1450. The first-order valence-electron chi connectivity index (χ1n) is 15.5. The molecule has 0 saturated heterocycles. The number of ether oxygens (including phenoxy) is 2. The average Bonchev–Trinajstić information content (AvgIpc) is 3.10. The van der Waals surface area contributed by atoms with Gasteiger partial charge in [-0.3, -0.25) is 4.79 Å². The zero-order chi connectivity index (χ0) is 29.6. The van der Waals surface area contributed by atoms with Crippen molar-refractivity contribution in [3.05, 3.63) is 58.1 Å². The molecule has 1 amide bonds. The first-order chi connectivity index (χ1) is 20.1. The van der Waals surface area contributed by atoms with Gasteiger partial charge in [-0.25, -0.2) is 13.1 Å². The van der Waals surface area contributed by atoms with E-state index in [1.807, 2.05) is 32.2 Å². The predicted octanol–water partition coefficient (Wildman–Crippen LogP) is 6.12. The third-order valence-electron chi connectivity index (χ3n) is 10.7. The van der Waals surface area contributed by atoms with E-state index in [0.717, 1.165) is 80.9 Å². The van der Waals surface area contributed by atoms with Crippen molar-refractivity contribution >= 4 is 33.2 Å². The van der Waals surface area contributed by atoms with E-state index in [1.54, 1.807) is 13.0 Å². The number of nitrogens with zero attached hydrogens (tertiary/aromatic N) is 1. The number of aryl methyl sites for hydroxylation is 1. The van der Waals surface area contributed by atoms with Crippen molar-refractivity contribution in [3.63, 3.8) is 0 Å². The Balaban J connectivity index is 1.42. The van der Waals surface area contributed by atoms with Gasteiger partial charge in [0.05, 0.1) is 23.6 Å². The smallest absolute Gasteiger partial charge is 0.264 e. The molecule has 2 bridgehead atoms. The molecule has 4 aliphatic rings. The molecule has 1 N–H and O–H groups in total. The quantitative estimate of drug-likeness (QED) is 0.416. The van der Waals surface area contributed by atoms with Gasteiger partial charge in [0.25, 0.3) is 5.91 Å². The monoisotopic (exact) mass is 614 g/mol. The third-order valence-corrected chi connectivity index (χ3v) is 12.8. The molecule has 228 valence electrons. The number of carbonyl (C=O) groups excluding carboxylic acids is 1. The van der Waals surface area contributed by atoms with Gasteiger partial charge in [0.15, 0.2) is 0 Å². The van der Waals surface area contributed by atoms with Gasteiger partial charge in [-0.15, -0.1) is 0 Å². The summed E-state index contributed by atoms with van der Waals surface area (Å²) >= 11 is 6.41. The maximum atomic E-state index is 13.4. The van der Waals surface area contributed by atoms with E-state index in [4.69, 9.17) is 21.1 Å². The molecule has 1 saturated carbocycles. The van der Waals surface area contributed by atoms with Crippen molar-refractivity contribution in [2.45, 2.75) is 82.0 Å². The summed E-state index contributed by atoms with van der Waals surface area (Å²) in [5.74, 6) is 0.967. The number of hydrogen-bond acceptors (Lipinski definition) is 6. The molecule has 1 fully saturated rings. The van der Waals surface area contributed by atoms with E-state index < -0.39 is 21.2 Å². The fraction of sp³-hybridized carbons (Fsp3) is 0.606. The Hall–Kier alpha value is -2.29. The highest BCUT2D eigenvalue weighted by molar-refractivity contribution is 7.90. The lowest BCUT2D eigenvalue weighted by atomic mass is 9.68. The van der Waals surface area contributed by atoms with Crippen LogP contribution in [-0.4, -0.2) is 52.5 Å². The van der Waals surface area contributed by atoms with Crippen LogP contribution in [0.25, 0.3) is 0 Å². The second-order valence-electron chi connectivity index (χ2n) is 13.2. The van der Waals surface area contributed by atoms with Crippen LogP contribution in [0.3, 0.4) is 0 Å². The third kappa shape index (κ3) is 5.55. The Morgan fingerprint density at radius 3 is 2.67 bits per heavy atom. The minimum atomic E-state index is -3.85. The molecule has 6 atom stereocenters. The van der Waals surface area contributed by atoms with Crippen LogP contribution in [0, 0.1) is 17.8 Å². The Kier molecular flexibility index (Phi) is 8.26. The summed E-state index contributed by atoms with van der Waals surface area (Å²) in [5.41, 5.74) is 3.54. The molecule has 0 unspecified atom stereocenters. The largest absolute Gasteiger partial charge is 0.490 e. The van der Waals surface area contributed by atoms with Gasteiger partial charge < -0.3 is 14.4 Å². The first-order valence-corrected chi connectivity index (χ1v) is 17.4. The lowest BCUT2D eigenvalue weighted by Crippen LogP contribution is -2.50. The molecule has 2 aromatic carbocycles. The molecule has 2 aromatic rings. The fourth-order valence-electron chi connectivity index (χ4n) is 7.82. The number of nitrogens with one attached hydrogen (secondary N) is 1. The van der Waals surface area contributed by atoms with Crippen LogP contribution in [0.2, 0.25) is 5.02 Å². The van der Waals surface area contributed by atoms with Crippen LogP contribution in [-0.2, 0) is 26.6 Å². The number of sulfonamides is 1. The highest BCUT2D eigenvalue weighted by Crippen LogP contribution is 2.47. The normalized spacial score (nSPS) is 32.9. The molecular formula is C33H43ClN2O5S. The number of benzene rings is 2. The average molecular weight is 615 g/mol. The Morgan fingerprint density at radius 1 is 1.07 bits per heavy atom. The van der Waals surface area contributed by atoms with Crippen LogP contribution in [0.1, 0.15) is 80.3 Å². The minimum Gasteiger partial charge on any atom is -0.490 e. The summed E-state index contributed by atoms with van der Waals surface area (Å²) in [4.78, 5) is 15.8. The molecule has 2 heterocycles. The number of hydrogen-bond donors (Lipinski definition) is 1. The number of fused-ring (bicyclic) bond motifs is 4. The standard InChI is InChI=1S/C33H43ClN2O5S/c1-21-6-4-8-30(40-3)27-12-9-25(27)18-36-19-33(15-5-7-23-16-26(34)11-13-28(23)33)20-41-31-14-10-24(17-29(31)36)32(37)35-42(38,39)22(21)2/h10-11,13-14,16-17,21-22,25,27,30H,4-9,12,15,18-20H2,1-3H3,(H,35,37)/t21-,22+,25-,27+,30-,33-/m0/s1. The molecule has 6 rings (SSSR count). The highest BCUT2D eigenvalue weighted by Gasteiger charge is 2.44. The zero-order valence-corrected chi connectivity index (χ0v) is 26.5. The highest BCUT2D eigenvalue weighted by atomic mass is 35.5. The summed E-state index contributed by atoms with van der Waals surface area (Å²) in [6.07, 6.45) is 8.04. The number of halogens is 1. The molecule has 1 spiro atoms. The molecule has 0 aromatic heterocycles. The summed E-state index contributed by atoms with van der Waals surface area (Å²) in [6.45, 7) is 5.78. The molecule has 42 heavy (non-hydrogen) atoms. The molecule has 2 aliphatic carbocycles. The van der Waals surface area contributed by atoms with Crippen LogP contribution < -0.4 is 14.4 Å². The maximum Gasteiger partial charge on any atom is 0.264 e. The van der Waals surface area contributed by atoms with Gasteiger partial charge in [0.2, 0.25) is 10.0 Å². The molecule has 2 aliphatic heterocycles. The summed E-state index contributed by atoms with van der Waals surface area (Å²) < 4.78 is 41.5. The molecule has 7 nitrogen and oxygen atoms in total. The first kappa shape index (κ1) is 29.8. The summed E-state index contributed by atoms with van der Waals surface area (Å²) in [6, 6.07) is 11.6. The number of anilines is 1. The van der Waals surface area contributed by atoms with Gasteiger partial charge in [-0.2, -0.15) is 0 Å². The Morgan fingerprint density at radius 2 is 1.90 bits per heavy atom. The summed E-state index contributed by atoms with van der Waals surface area (Å²) in [7, 11) is -2.04. The SMILES string of the molecule is CO[C@H]1CCC[C@H](C)[C@@H](C)S(=O)(=O)NC(=O)c2ccc3c(c2)N(C[C@@H]2CC[C@H]21)C[C@@]1(CCCc2cc(Cl)ccc21)CO3. The second kappa shape index (κ2) is 11.7. The van der Waals surface area contributed by atoms with Gasteiger partial charge in [0, 0.05) is 36.2 Å². The lowest BCUT2D eigenvalue weighted by molar-refractivity contribution is -0.0224.